The van der Waals surface area contributed by atoms with Crippen molar-refractivity contribution >= 4 is 29.9 Å². The van der Waals surface area contributed by atoms with Gasteiger partial charge in [-0.15, -0.1) is 24.0 Å². The fourth-order valence-corrected chi connectivity index (χ4v) is 3.65. The van der Waals surface area contributed by atoms with Gasteiger partial charge >= 0.3 is 0 Å². The smallest absolute Gasteiger partial charge is 0.191 e. The van der Waals surface area contributed by atoms with Crippen LogP contribution in [0.2, 0.25) is 0 Å². The molecule has 0 amide bonds. The van der Waals surface area contributed by atoms with Crippen molar-refractivity contribution in [2.45, 2.75) is 59.0 Å². The summed E-state index contributed by atoms with van der Waals surface area (Å²) in [7, 11) is 1.81. The lowest BCUT2D eigenvalue weighted by Crippen LogP contribution is -2.36. The molecule has 0 radical (unpaired) electrons. The first kappa shape index (κ1) is 25.6. The van der Waals surface area contributed by atoms with Crippen molar-refractivity contribution in [1.82, 2.24) is 15.5 Å². The molecule has 170 valence electrons. The average Bonchev–Trinajstić information content (AvgIpc) is 3.27. The monoisotopic (exact) mass is 536 g/mol. The third kappa shape index (κ3) is 9.17. The maximum Gasteiger partial charge on any atom is 0.191 e. The lowest BCUT2D eigenvalue weighted by atomic mass is 10.1. The van der Waals surface area contributed by atoms with Crippen molar-refractivity contribution in [2.75, 3.05) is 20.1 Å². The molecular weight excluding hydrogens is 499 g/mol. The number of aliphatic imine (C=N–C) groups is 1. The summed E-state index contributed by atoms with van der Waals surface area (Å²) in [6, 6.07) is 17.4. The fraction of sp³-hybridized carbons (Fsp3) is 0.480. The quantitative estimate of drug-likeness (QED) is 0.278. The fourth-order valence-electron chi connectivity index (χ4n) is 3.65. The van der Waals surface area contributed by atoms with E-state index in [0.29, 0.717) is 6.61 Å². The van der Waals surface area contributed by atoms with E-state index in [0.717, 1.165) is 25.6 Å². The van der Waals surface area contributed by atoms with Gasteiger partial charge in [0.25, 0.3) is 0 Å². The average molecular weight is 537 g/mol. The Balaban J connectivity index is 0.00000341. The van der Waals surface area contributed by atoms with Crippen molar-refractivity contribution in [3.63, 3.8) is 0 Å². The molecule has 0 aromatic heterocycles. The molecule has 0 aliphatic carbocycles. The van der Waals surface area contributed by atoms with E-state index in [9.17, 15) is 0 Å². The van der Waals surface area contributed by atoms with Gasteiger partial charge in [-0.3, -0.25) is 9.89 Å². The van der Waals surface area contributed by atoms with Gasteiger partial charge in [0.15, 0.2) is 5.96 Å². The minimum absolute atomic E-state index is 0. The van der Waals surface area contributed by atoms with E-state index < -0.39 is 0 Å². The Morgan fingerprint density at radius 2 is 1.55 bits per heavy atom. The van der Waals surface area contributed by atoms with Gasteiger partial charge in [-0.1, -0.05) is 48.5 Å². The molecule has 2 aromatic rings. The molecular formula is C25H37IN4O. The van der Waals surface area contributed by atoms with Crippen LogP contribution in [-0.4, -0.2) is 37.1 Å². The summed E-state index contributed by atoms with van der Waals surface area (Å²) in [5.74, 6) is 0.806. The Morgan fingerprint density at radius 1 is 0.935 bits per heavy atom. The van der Waals surface area contributed by atoms with Gasteiger partial charge in [0, 0.05) is 26.7 Å². The predicted octanol–water partition coefficient (Wildman–Crippen LogP) is 4.69. The van der Waals surface area contributed by atoms with Gasteiger partial charge in [0.2, 0.25) is 0 Å². The van der Waals surface area contributed by atoms with Crippen LogP contribution in [0.15, 0.2) is 53.5 Å². The minimum Gasteiger partial charge on any atom is -0.374 e. The van der Waals surface area contributed by atoms with Crippen LogP contribution >= 0.6 is 24.0 Å². The van der Waals surface area contributed by atoms with E-state index in [-0.39, 0.29) is 30.1 Å². The zero-order chi connectivity index (χ0) is 21.2. The van der Waals surface area contributed by atoms with Crippen LogP contribution in [0, 0.1) is 0 Å². The number of benzene rings is 2. The second-order valence-electron chi connectivity index (χ2n) is 8.26. The van der Waals surface area contributed by atoms with Crippen molar-refractivity contribution in [2.24, 2.45) is 4.99 Å². The van der Waals surface area contributed by atoms with Gasteiger partial charge in [0.1, 0.15) is 0 Å². The highest BCUT2D eigenvalue weighted by Crippen LogP contribution is 2.13. The summed E-state index contributed by atoms with van der Waals surface area (Å²) in [5.41, 5.74) is 5.06. The van der Waals surface area contributed by atoms with Crippen LogP contribution in [0.3, 0.4) is 0 Å². The molecule has 0 unspecified atom stereocenters. The van der Waals surface area contributed by atoms with Crippen molar-refractivity contribution in [1.29, 1.82) is 0 Å². The van der Waals surface area contributed by atoms with E-state index in [4.69, 9.17) is 4.74 Å². The Kier molecular flexibility index (Phi) is 11.3. The highest BCUT2D eigenvalue weighted by Gasteiger charge is 2.11. The van der Waals surface area contributed by atoms with Crippen LogP contribution in [0.1, 0.15) is 48.9 Å². The second kappa shape index (κ2) is 13.7. The number of ether oxygens (including phenoxy) is 1. The molecule has 5 nitrogen and oxygen atoms in total. The molecule has 3 rings (SSSR count). The molecule has 1 aliphatic heterocycles. The standard InChI is InChI=1S/C25H36N4O.HI/c1-20(2)30-19-24-8-6-7-23(15-24)17-28-25(26-3)27-16-21-9-11-22(12-10-21)18-29-13-4-5-14-29;/h6-12,15,20H,4-5,13-14,16-19H2,1-3H3,(H2,26,27,28);1H. The SMILES string of the molecule is CN=C(NCc1ccc(CN2CCCC2)cc1)NCc1cccc(COC(C)C)c1.I. The number of nitrogens with one attached hydrogen (secondary N) is 2. The van der Waals surface area contributed by atoms with E-state index in [1.165, 1.54) is 48.2 Å². The Labute approximate surface area is 204 Å². The summed E-state index contributed by atoms with van der Waals surface area (Å²) >= 11 is 0. The maximum atomic E-state index is 5.70. The molecule has 0 spiro atoms. The summed E-state index contributed by atoms with van der Waals surface area (Å²) in [5, 5.41) is 6.81. The van der Waals surface area contributed by atoms with E-state index >= 15 is 0 Å². The van der Waals surface area contributed by atoms with Gasteiger partial charge in [-0.05, 0) is 62.0 Å². The number of halogens is 1. The third-order valence-electron chi connectivity index (χ3n) is 5.35. The highest BCUT2D eigenvalue weighted by molar-refractivity contribution is 14.0. The number of hydrogen-bond acceptors (Lipinski definition) is 3. The molecule has 1 heterocycles. The van der Waals surface area contributed by atoms with Crippen LogP contribution in [0.5, 0.6) is 0 Å². The van der Waals surface area contributed by atoms with Gasteiger partial charge in [-0.2, -0.15) is 0 Å². The summed E-state index contributed by atoms with van der Waals surface area (Å²) in [4.78, 5) is 6.88. The first-order valence-corrected chi connectivity index (χ1v) is 11.1. The summed E-state index contributed by atoms with van der Waals surface area (Å²) < 4.78 is 5.70. The van der Waals surface area contributed by atoms with Gasteiger partial charge < -0.3 is 15.4 Å². The molecule has 31 heavy (non-hydrogen) atoms. The van der Waals surface area contributed by atoms with Crippen LogP contribution in [0.25, 0.3) is 0 Å². The molecule has 2 aromatic carbocycles. The van der Waals surface area contributed by atoms with E-state index in [2.05, 4.69) is 82.9 Å². The van der Waals surface area contributed by atoms with Crippen LogP contribution in [-0.2, 0) is 31.0 Å². The largest absolute Gasteiger partial charge is 0.374 e. The number of rotatable bonds is 9. The zero-order valence-corrected chi connectivity index (χ0v) is 21.4. The van der Waals surface area contributed by atoms with E-state index in [1.807, 2.05) is 0 Å². The highest BCUT2D eigenvalue weighted by atomic mass is 127. The number of nitrogens with zero attached hydrogens (tertiary/aromatic N) is 2. The second-order valence-corrected chi connectivity index (χ2v) is 8.26. The molecule has 1 aliphatic rings. The Hall–Kier alpha value is -1.64. The predicted molar refractivity (Wildman–Crippen MR) is 140 cm³/mol. The van der Waals surface area contributed by atoms with Crippen LogP contribution < -0.4 is 10.6 Å². The van der Waals surface area contributed by atoms with Gasteiger partial charge in [0.05, 0.1) is 12.7 Å². The summed E-state index contributed by atoms with van der Waals surface area (Å²) in [6.45, 7) is 9.78. The van der Waals surface area contributed by atoms with E-state index in [1.54, 1.807) is 7.05 Å². The molecule has 0 atom stereocenters. The normalized spacial score (nSPS) is 14.5. The Bertz CT molecular complexity index is 801. The minimum atomic E-state index is 0. The molecule has 1 fully saturated rings. The molecule has 0 bridgehead atoms. The topological polar surface area (TPSA) is 48.9 Å². The molecule has 6 heteroatoms. The first-order chi connectivity index (χ1) is 14.6. The maximum absolute atomic E-state index is 5.70. The van der Waals surface area contributed by atoms with Crippen molar-refractivity contribution in [3.8, 4) is 0 Å². The first-order valence-electron chi connectivity index (χ1n) is 11.1. The third-order valence-corrected chi connectivity index (χ3v) is 5.35. The lowest BCUT2D eigenvalue weighted by molar-refractivity contribution is 0.0657. The Morgan fingerprint density at radius 3 is 2.19 bits per heavy atom. The lowest BCUT2D eigenvalue weighted by Gasteiger charge is -2.15. The molecule has 0 saturated carbocycles. The summed E-state index contributed by atoms with van der Waals surface area (Å²) in [6.07, 6.45) is 2.91. The number of hydrogen-bond donors (Lipinski definition) is 2. The zero-order valence-electron chi connectivity index (χ0n) is 19.1. The molecule has 2 N–H and O–H groups in total. The van der Waals surface area contributed by atoms with Crippen molar-refractivity contribution < 1.29 is 4.74 Å². The number of guanidine groups is 1. The van der Waals surface area contributed by atoms with Crippen LogP contribution in [0.4, 0.5) is 0 Å². The number of likely N-dealkylation sites (tertiary alicyclic amines) is 1. The van der Waals surface area contributed by atoms with Crippen molar-refractivity contribution in [3.05, 3.63) is 70.8 Å². The molecule has 1 saturated heterocycles. The van der Waals surface area contributed by atoms with Gasteiger partial charge in [-0.25, -0.2) is 0 Å².